The number of fused-ring (bicyclic) bond motifs is 2. The van der Waals surface area contributed by atoms with E-state index in [0.717, 1.165) is 101 Å². The first-order valence-corrected chi connectivity index (χ1v) is 15.4. The van der Waals surface area contributed by atoms with Gasteiger partial charge in [0.25, 0.3) is 5.91 Å². The van der Waals surface area contributed by atoms with Crippen LogP contribution in [0.25, 0.3) is 0 Å². The highest BCUT2D eigenvalue weighted by Crippen LogP contribution is 2.42. The van der Waals surface area contributed by atoms with Gasteiger partial charge in [-0.05, 0) is 98.8 Å². The van der Waals surface area contributed by atoms with Crippen LogP contribution in [-0.2, 0) is 22.4 Å². The van der Waals surface area contributed by atoms with E-state index in [0.29, 0.717) is 36.7 Å². The van der Waals surface area contributed by atoms with Gasteiger partial charge >= 0.3 is 0 Å². The normalized spacial score (nSPS) is 27.1. The summed E-state index contributed by atoms with van der Waals surface area (Å²) in [5, 5.41) is 11.2. The molecule has 3 aliphatic heterocycles. The molecule has 4 fully saturated rings. The fraction of sp³-hybridized carbons (Fsp3) is 0.677. The van der Waals surface area contributed by atoms with Gasteiger partial charge in [-0.3, -0.25) is 9.59 Å². The number of carbonyl (C=O) groups excluding carboxylic acids is 2. The average molecular weight is 548 g/mol. The first-order chi connectivity index (χ1) is 19.6. The van der Waals surface area contributed by atoms with Crippen LogP contribution < -0.4 is 4.74 Å². The lowest BCUT2D eigenvalue weighted by molar-refractivity contribution is -0.135. The van der Waals surface area contributed by atoms with Crippen molar-refractivity contribution in [1.82, 2.24) is 25.2 Å². The number of amides is 2. The minimum absolute atomic E-state index is 0.0135. The summed E-state index contributed by atoms with van der Waals surface area (Å²) in [6.07, 6.45) is 8.74. The Hall–Kier alpha value is -2.94. The minimum Gasteiger partial charge on any atom is -0.493 e. The summed E-state index contributed by atoms with van der Waals surface area (Å²) in [4.78, 5) is 31.3. The second kappa shape index (κ2) is 11.1. The van der Waals surface area contributed by atoms with Crippen molar-refractivity contribution < 1.29 is 19.1 Å². The Morgan fingerprint density at radius 3 is 2.40 bits per heavy atom. The van der Waals surface area contributed by atoms with Crippen molar-refractivity contribution in [3.8, 4) is 5.75 Å². The van der Waals surface area contributed by atoms with E-state index in [4.69, 9.17) is 9.47 Å². The van der Waals surface area contributed by atoms with Crippen molar-refractivity contribution in [2.45, 2.75) is 63.7 Å². The number of hydrogen-bond acceptors (Lipinski definition) is 6. The Balaban J connectivity index is 0.969. The molecular weight excluding hydrogens is 506 g/mol. The van der Waals surface area contributed by atoms with E-state index in [9.17, 15) is 9.59 Å². The Kier molecular flexibility index (Phi) is 7.24. The van der Waals surface area contributed by atoms with Gasteiger partial charge in [0.15, 0.2) is 0 Å². The Bertz CT molecular complexity index is 1220. The van der Waals surface area contributed by atoms with Gasteiger partial charge in [-0.2, -0.15) is 15.4 Å². The molecule has 2 aromatic rings. The van der Waals surface area contributed by atoms with Crippen molar-refractivity contribution in [2.75, 3.05) is 46.0 Å². The number of carbonyl (C=O) groups is 2. The lowest BCUT2D eigenvalue weighted by atomic mass is 9.89. The summed E-state index contributed by atoms with van der Waals surface area (Å²) in [6, 6.07) is 6.23. The second-order valence-electron chi connectivity index (χ2n) is 12.7. The molecule has 3 saturated heterocycles. The first kappa shape index (κ1) is 26.0. The van der Waals surface area contributed by atoms with Gasteiger partial charge in [0.2, 0.25) is 5.91 Å². The van der Waals surface area contributed by atoms with Crippen LogP contribution in [0, 0.1) is 23.7 Å². The van der Waals surface area contributed by atoms with Crippen molar-refractivity contribution in [1.29, 1.82) is 0 Å². The van der Waals surface area contributed by atoms with Gasteiger partial charge in [-0.25, -0.2) is 0 Å². The molecule has 1 saturated carbocycles. The monoisotopic (exact) mass is 547 g/mol. The van der Waals surface area contributed by atoms with E-state index in [2.05, 4.69) is 32.4 Å². The van der Waals surface area contributed by atoms with Gasteiger partial charge in [0.1, 0.15) is 5.75 Å². The van der Waals surface area contributed by atoms with Crippen molar-refractivity contribution in [3.05, 3.63) is 40.7 Å². The number of benzene rings is 1. The molecule has 0 radical (unpaired) electrons. The van der Waals surface area contributed by atoms with Crippen molar-refractivity contribution in [3.63, 3.8) is 0 Å². The molecule has 1 unspecified atom stereocenters. The third kappa shape index (κ3) is 5.49. The standard InChI is InChI=1S/C31H41N5O4/c37-30(22-3-4-28-29(16-22)33-34-32-28)36-17-23-5-9-35(10-6-24(23)18-36)31(38)26-13-25(21-1-2-21)14-27(15-26)40-19-20-7-11-39-12-8-20/h13-15,20-24H,1-12,16-19H2,(H,32,33,34)/t22?,23-,24+. The van der Waals surface area contributed by atoms with E-state index in [1.54, 1.807) is 0 Å². The number of H-pyrrole nitrogens is 1. The Morgan fingerprint density at radius 2 is 1.65 bits per heavy atom. The molecule has 9 nitrogen and oxygen atoms in total. The number of ether oxygens (including phenoxy) is 2. The summed E-state index contributed by atoms with van der Waals surface area (Å²) < 4.78 is 11.7. The fourth-order valence-electron chi connectivity index (χ4n) is 7.28. The lowest BCUT2D eigenvalue weighted by Crippen LogP contribution is -2.38. The van der Waals surface area contributed by atoms with Gasteiger partial charge in [0, 0.05) is 57.3 Å². The average Bonchev–Trinajstić information content (AvgIpc) is 3.66. The summed E-state index contributed by atoms with van der Waals surface area (Å²) in [5.74, 6) is 3.25. The van der Waals surface area contributed by atoms with E-state index >= 15 is 0 Å². The molecule has 1 aromatic carbocycles. The SMILES string of the molecule is O=C(c1cc(OCC2CCOCC2)cc(C2CC2)c1)N1CC[C@@H]2CN(C(=O)C3CCc4n[nH]nc4C3)C[C@@H]2CC1. The van der Waals surface area contributed by atoms with Crippen LogP contribution in [0.5, 0.6) is 5.75 Å². The Morgan fingerprint density at radius 1 is 0.900 bits per heavy atom. The molecule has 1 aromatic heterocycles. The number of rotatable bonds is 6. The minimum atomic E-state index is 0.0135. The Labute approximate surface area is 236 Å². The zero-order valence-corrected chi connectivity index (χ0v) is 23.4. The molecule has 1 N–H and O–H groups in total. The van der Waals surface area contributed by atoms with Crippen LogP contribution in [0.3, 0.4) is 0 Å². The van der Waals surface area contributed by atoms with E-state index in [1.165, 1.54) is 18.4 Å². The van der Waals surface area contributed by atoms with Crippen LogP contribution in [-0.4, -0.2) is 83.0 Å². The van der Waals surface area contributed by atoms with Gasteiger partial charge in [-0.1, -0.05) is 0 Å². The second-order valence-corrected chi connectivity index (χ2v) is 12.7. The molecule has 9 heteroatoms. The number of likely N-dealkylation sites (tertiary alicyclic amines) is 2. The summed E-state index contributed by atoms with van der Waals surface area (Å²) in [7, 11) is 0. The predicted molar refractivity (Wildman–Crippen MR) is 148 cm³/mol. The highest BCUT2D eigenvalue weighted by Gasteiger charge is 2.40. The lowest BCUT2D eigenvalue weighted by Gasteiger charge is -2.26. The highest BCUT2D eigenvalue weighted by molar-refractivity contribution is 5.95. The van der Waals surface area contributed by atoms with Gasteiger partial charge in [0.05, 0.1) is 18.0 Å². The molecule has 0 bridgehead atoms. The maximum atomic E-state index is 13.8. The molecule has 0 spiro atoms. The molecule has 3 atom stereocenters. The molecule has 214 valence electrons. The molecular formula is C31H41N5O4. The van der Waals surface area contributed by atoms with E-state index in [1.807, 2.05) is 11.0 Å². The van der Waals surface area contributed by atoms with E-state index in [-0.39, 0.29) is 17.7 Å². The van der Waals surface area contributed by atoms with E-state index < -0.39 is 0 Å². The number of aromatic nitrogens is 3. The number of nitrogens with zero attached hydrogens (tertiary/aromatic N) is 4. The zero-order valence-electron chi connectivity index (χ0n) is 23.4. The van der Waals surface area contributed by atoms with Crippen molar-refractivity contribution >= 4 is 11.8 Å². The molecule has 2 amide bonds. The van der Waals surface area contributed by atoms with Crippen LogP contribution in [0.15, 0.2) is 18.2 Å². The number of aryl methyl sites for hydroxylation is 1. The molecule has 7 rings (SSSR count). The largest absolute Gasteiger partial charge is 0.493 e. The van der Waals surface area contributed by atoms with Crippen LogP contribution >= 0.6 is 0 Å². The summed E-state index contributed by atoms with van der Waals surface area (Å²) in [5.41, 5.74) is 3.98. The molecule has 4 heterocycles. The zero-order chi connectivity index (χ0) is 27.1. The first-order valence-electron chi connectivity index (χ1n) is 15.4. The predicted octanol–water partition coefficient (Wildman–Crippen LogP) is 3.60. The number of nitrogens with one attached hydrogen (secondary N) is 1. The van der Waals surface area contributed by atoms with Crippen LogP contribution in [0.2, 0.25) is 0 Å². The van der Waals surface area contributed by atoms with Crippen LogP contribution in [0.1, 0.15) is 78.2 Å². The van der Waals surface area contributed by atoms with Gasteiger partial charge < -0.3 is 19.3 Å². The number of hydrogen-bond donors (Lipinski definition) is 1. The maximum Gasteiger partial charge on any atom is 0.253 e. The van der Waals surface area contributed by atoms with Gasteiger partial charge in [-0.15, -0.1) is 0 Å². The quantitative estimate of drug-likeness (QED) is 0.593. The third-order valence-electron chi connectivity index (χ3n) is 9.99. The maximum absolute atomic E-state index is 13.8. The molecule has 5 aliphatic rings. The summed E-state index contributed by atoms with van der Waals surface area (Å²) in [6.45, 7) is 5.44. The molecule has 40 heavy (non-hydrogen) atoms. The smallest absolute Gasteiger partial charge is 0.253 e. The topological polar surface area (TPSA) is 101 Å². The number of aromatic amines is 1. The van der Waals surface area contributed by atoms with Crippen molar-refractivity contribution in [2.24, 2.45) is 23.7 Å². The van der Waals surface area contributed by atoms with Crippen LogP contribution in [0.4, 0.5) is 0 Å². The third-order valence-corrected chi connectivity index (χ3v) is 9.99. The fourth-order valence-corrected chi connectivity index (χ4v) is 7.28. The highest BCUT2D eigenvalue weighted by atomic mass is 16.5. The molecule has 2 aliphatic carbocycles. The summed E-state index contributed by atoms with van der Waals surface area (Å²) >= 11 is 0.